The highest BCUT2D eigenvalue weighted by Gasteiger charge is 2.47. The predicted molar refractivity (Wildman–Crippen MR) is 272 cm³/mol. The van der Waals surface area contributed by atoms with Gasteiger partial charge >= 0.3 is 0 Å². The molecule has 1 aliphatic rings. The third kappa shape index (κ3) is 5.74. The van der Waals surface area contributed by atoms with Crippen LogP contribution in [0, 0.1) is 0 Å². The van der Waals surface area contributed by atoms with E-state index in [4.69, 9.17) is 4.42 Å². The van der Waals surface area contributed by atoms with Crippen LogP contribution in [-0.4, -0.2) is 0 Å². The molecule has 0 spiro atoms. The molecule has 11 aromatic carbocycles. The van der Waals surface area contributed by atoms with E-state index in [0.717, 1.165) is 55.7 Å². The molecule has 0 saturated carbocycles. The minimum atomic E-state index is -0.550. The fourth-order valence-electron chi connectivity index (χ4n) is 10.9. The standard InChI is InChI=1S/C63H41NO/c1-3-23-48(24-4-1)63(49-25-5-2-6-26-49)56-32-13-11-29-54(56)61-57(63)33-17-35-59(61)64(50-27-15-22-44(39-50)47-37-36-42-18-7-8-19-43(42)38-47)58-34-14-12-28-51(58)52-30-16-31-53-55-40-45-20-9-10-21-46(45)41-60(55)65-62(52)53/h1-41H. The molecule has 0 fully saturated rings. The number of fused-ring (bicyclic) bond motifs is 8. The Hall–Kier alpha value is -8.46. The number of furan rings is 1. The van der Waals surface area contributed by atoms with Crippen molar-refractivity contribution >= 4 is 60.5 Å². The van der Waals surface area contributed by atoms with Gasteiger partial charge in [0.2, 0.25) is 0 Å². The molecule has 0 amide bonds. The lowest BCUT2D eigenvalue weighted by Gasteiger charge is -2.34. The quantitative estimate of drug-likeness (QED) is 0.159. The number of anilines is 3. The van der Waals surface area contributed by atoms with Crippen LogP contribution >= 0.6 is 0 Å². The van der Waals surface area contributed by atoms with Gasteiger partial charge in [-0.1, -0.05) is 206 Å². The lowest BCUT2D eigenvalue weighted by molar-refractivity contribution is 0.670. The average molecular weight is 828 g/mol. The Morgan fingerprint density at radius 1 is 0.338 bits per heavy atom. The van der Waals surface area contributed by atoms with Crippen LogP contribution in [0.2, 0.25) is 0 Å². The molecule has 2 nitrogen and oxygen atoms in total. The van der Waals surface area contributed by atoms with Crippen molar-refractivity contribution in [2.45, 2.75) is 5.41 Å². The van der Waals surface area contributed by atoms with Crippen LogP contribution in [0.15, 0.2) is 253 Å². The molecule has 2 heteroatoms. The molecule has 1 aromatic heterocycles. The summed E-state index contributed by atoms with van der Waals surface area (Å²) in [6.45, 7) is 0. The van der Waals surface area contributed by atoms with Crippen LogP contribution in [-0.2, 0) is 5.41 Å². The van der Waals surface area contributed by atoms with Crippen LogP contribution in [0.4, 0.5) is 17.1 Å². The van der Waals surface area contributed by atoms with Gasteiger partial charge in [-0.3, -0.25) is 0 Å². The van der Waals surface area contributed by atoms with Crippen molar-refractivity contribution in [3.8, 4) is 33.4 Å². The highest BCUT2D eigenvalue weighted by atomic mass is 16.3. The summed E-state index contributed by atoms with van der Waals surface area (Å²) in [5.41, 5.74) is 16.4. The van der Waals surface area contributed by atoms with E-state index in [9.17, 15) is 0 Å². The number of benzene rings is 11. The molecule has 304 valence electrons. The Labute approximate surface area is 377 Å². The molecule has 1 aliphatic carbocycles. The molecule has 65 heavy (non-hydrogen) atoms. The highest BCUT2D eigenvalue weighted by Crippen LogP contribution is 2.60. The molecule has 0 aliphatic heterocycles. The Bertz CT molecular complexity index is 3750. The monoisotopic (exact) mass is 827 g/mol. The molecule has 1 heterocycles. The lowest BCUT2D eigenvalue weighted by atomic mass is 9.68. The van der Waals surface area contributed by atoms with Crippen LogP contribution in [0.5, 0.6) is 0 Å². The van der Waals surface area contributed by atoms with Crippen molar-refractivity contribution in [2.24, 2.45) is 0 Å². The first-order chi connectivity index (χ1) is 32.2. The Morgan fingerprint density at radius 3 is 1.69 bits per heavy atom. The fraction of sp³-hybridized carbons (Fsp3) is 0.0159. The summed E-state index contributed by atoms with van der Waals surface area (Å²) in [5.74, 6) is 0. The second-order valence-electron chi connectivity index (χ2n) is 17.2. The molecule has 0 saturated heterocycles. The zero-order valence-electron chi connectivity index (χ0n) is 35.5. The lowest BCUT2D eigenvalue weighted by Crippen LogP contribution is -2.28. The van der Waals surface area contributed by atoms with Crippen LogP contribution < -0.4 is 4.90 Å². The summed E-state index contributed by atoms with van der Waals surface area (Å²) >= 11 is 0. The Balaban J connectivity index is 1.10. The smallest absolute Gasteiger partial charge is 0.143 e. The van der Waals surface area contributed by atoms with Gasteiger partial charge in [-0.25, -0.2) is 0 Å². The summed E-state index contributed by atoms with van der Waals surface area (Å²) in [5, 5.41) is 7.04. The first kappa shape index (κ1) is 37.1. The number of rotatable bonds is 7. The third-order valence-corrected chi connectivity index (χ3v) is 13.7. The van der Waals surface area contributed by atoms with Gasteiger partial charge in [-0.05, 0) is 103 Å². The van der Waals surface area contributed by atoms with Crippen molar-refractivity contribution < 1.29 is 4.42 Å². The fourth-order valence-corrected chi connectivity index (χ4v) is 10.9. The van der Waals surface area contributed by atoms with E-state index >= 15 is 0 Å². The van der Waals surface area contributed by atoms with Gasteiger partial charge in [0.1, 0.15) is 11.2 Å². The average Bonchev–Trinajstić information content (AvgIpc) is 3.90. The van der Waals surface area contributed by atoms with Crippen molar-refractivity contribution in [3.63, 3.8) is 0 Å². The molecule has 0 bridgehead atoms. The van der Waals surface area contributed by atoms with E-state index in [0.29, 0.717) is 0 Å². The van der Waals surface area contributed by atoms with Crippen molar-refractivity contribution in [1.82, 2.24) is 0 Å². The minimum absolute atomic E-state index is 0.550. The first-order valence-electron chi connectivity index (χ1n) is 22.4. The maximum absolute atomic E-state index is 6.93. The zero-order chi connectivity index (χ0) is 42.9. The summed E-state index contributed by atoms with van der Waals surface area (Å²) in [6, 6.07) is 90.9. The minimum Gasteiger partial charge on any atom is -0.455 e. The van der Waals surface area contributed by atoms with Crippen molar-refractivity contribution in [2.75, 3.05) is 4.90 Å². The molecule has 13 rings (SSSR count). The van der Waals surface area contributed by atoms with Gasteiger partial charge in [0.15, 0.2) is 0 Å². The normalized spacial score (nSPS) is 12.7. The molecular weight excluding hydrogens is 787 g/mol. The molecule has 0 N–H and O–H groups in total. The predicted octanol–water partition coefficient (Wildman–Crippen LogP) is 17.1. The van der Waals surface area contributed by atoms with Gasteiger partial charge in [0.05, 0.1) is 16.8 Å². The summed E-state index contributed by atoms with van der Waals surface area (Å²) in [4.78, 5) is 2.50. The second kappa shape index (κ2) is 14.8. The van der Waals surface area contributed by atoms with Crippen molar-refractivity contribution in [1.29, 1.82) is 0 Å². The third-order valence-electron chi connectivity index (χ3n) is 13.7. The molecule has 0 unspecified atom stereocenters. The molecule has 12 aromatic rings. The van der Waals surface area contributed by atoms with E-state index in [-0.39, 0.29) is 0 Å². The largest absolute Gasteiger partial charge is 0.455 e. The van der Waals surface area contributed by atoms with Crippen LogP contribution in [0.1, 0.15) is 22.3 Å². The van der Waals surface area contributed by atoms with E-state index in [1.165, 1.54) is 60.5 Å². The molecular formula is C63H41NO. The van der Waals surface area contributed by atoms with Gasteiger partial charge in [-0.15, -0.1) is 0 Å². The van der Waals surface area contributed by atoms with E-state index in [2.05, 4.69) is 254 Å². The molecule has 0 radical (unpaired) electrons. The number of para-hydroxylation sites is 2. The first-order valence-corrected chi connectivity index (χ1v) is 22.4. The SMILES string of the molecule is c1ccc(C2(c3ccccc3)c3ccccc3-c3c(N(c4cccc(-c5ccc6ccccc6c5)c4)c4ccccc4-c4cccc5c4oc4cc6ccccc6cc45)cccc32)cc1. The number of hydrogen-bond acceptors (Lipinski definition) is 2. The van der Waals surface area contributed by atoms with Crippen LogP contribution in [0.25, 0.3) is 76.9 Å². The van der Waals surface area contributed by atoms with Gasteiger partial charge in [-0.2, -0.15) is 0 Å². The number of nitrogens with zero attached hydrogens (tertiary/aromatic N) is 1. The van der Waals surface area contributed by atoms with E-state index in [1.54, 1.807) is 0 Å². The highest BCUT2D eigenvalue weighted by molar-refractivity contribution is 6.14. The number of hydrogen-bond donors (Lipinski definition) is 0. The summed E-state index contributed by atoms with van der Waals surface area (Å²) < 4.78 is 6.93. The Morgan fingerprint density at radius 2 is 0.908 bits per heavy atom. The Kier molecular flexibility index (Phi) is 8.47. The second-order valence-corrected chi connectivity index (χ2v) is 17.2. The topological polar surface area (TPSA) is 16.4 Å². The van der Waals surface area contributed by atoms with E-state index < -0.39 is 5.41 Å². The summed E-state index contributed by atoms with van der Waals surface area (Å²) in [7, 11) is 0. The summed E-state index contributed by atoms with van der Waals surface area (Å²) in [6.07, 6.45) is 0. The van der Waals surface area contributed by atoms with Gasteiger partial charge in [0, 0.05) is 33.2 Å². The van der Waals surface area contributed by atoms with Gasteiger partial charge in [0.25, 0.3) is 0 Å². The van der Waals surface area contributed by atoms with Gasteiger partial charge < -0.3 is 9.32 Å². The van der Waals surface area contributed by atoms with Crippen LogP contribution in [0.3, 0.4) is 0 Å². The molecule has 0 atom stereocenters. The zero-order valence-corrected chi connectivity index (χ0v) is 35.5. The van der Waals surface area contributed by atoms with E-state index in [1.807, 2.05) is 0 Å². The maximum Gasteiger partial charge on any atom is 0.143 e. The van der Waals surface area contributed by atoms with Crippen molar-refractivity contribution in [3.05, 3.63) is 271 Å². The maximum atomic E-state index is 6.93.